The van der Waals surface area contributed by atoms with Crippen LogP contribution in [0.4, 0.5) is 19.0 Å². The number of nitrogens with one attached hydrogen (secondary N) is 1. The van der Waals surface area contributed by atoms with Gasteiger partial charge in [-0.05, 0) is 12.1 Å². The first-order valence-corrected chi connectivity index (χ1v) is 6.73. The quantitative estimate of drug-likeness (QED) is 0.678. The predicted octanol–water partition coefficient (Wildman–Crippen LogP) is 2.83. The molecule has 0 radical (unpaired) electrons. The summed E-state index contributed by atoms with van der Waals surface area (Å²) < 4.78 is 41.9. The number of halogens is 3. The summed E-state index contributed by atoms with van der Waals surface area (Å²) in [6.07, 6.45) is -3.67. The summed E-state index contributed by atoms with van der Waals surface area (Å²) in [4.78, 5) is 18.8. The van der Waals surface area contributed by atoms with Gasteiger partial charge >= 0.3 is 12.1 Å². The number of aromatic nitrogens is 2. The summed E-state index contributed by atoms with van der Waals surface area (Å²) >= 11 is 1.28. The van der Waals surface area contributed by atoms with E-state index >= 15 is 0 Å². The Bertz CT molecular complexity index is 585. The van der Waals surface area contributed by atoms with Crippen LogP contribution in [0.5, 0.6) is 0 Å². The number of carbonyl (C=O) groups is 1. The predicted molar refractivity (Wildman–Crippen MR) is 70.1 cm³/mol. The minimum absolute atomic E-state index is 0.0546. The molecule has 0 unspecified atom stereocenters. The number of rotatable bonds is 5. The topological polar surface area (TPSA) is 64.1 Å². The van der Waals surface area contributed by atoms with Gasteiger partial charge in [0.2, 0.25) is 0 Å². The number of pyridine rings is 1. The van der Waals surface area contributed by atoms with Crippen molar-refractivity contribution in [2.45, 2.75) is 6.18 Å². The number of hydrogen-bond acceptors (Lipinski definition) is 6. The van der Waals surface area contributed by atoms with Gasteiger partial charge in [0.25, 0.3) is 0 Å². The molecule has 0 atom stereocenters. The molecule has 2 rings (SSSR count). The normalized spacial score (nSPS) is 11.2. The molecular formula is C12H10F3N3O2S. The average molecular weight is 317 g/mol. The van der Waals surface area contributed by atoms with Crippen molar-refractivity contribution in [3.8, 4) is 0 Å². The van der Waals surface area contributed by atoms with E-state index < -0.39 is 17.7 Å². The second-order valence-electron chi connectivity index (χ2n) is 3.87. The Balaban J connectivity index is 1.75. The lowest BCUT2D eigenvalue weighted by molar-refractivity contribution is -0.137. The van der Waals surface area contributed by atoms with Gasteiger partial charge in [0.1, 0.15) is 12.4 Å². The van der Waals surface area contributed by atoms with Crippen LogP contribution in [0, 0.1) is 0 Å². The zero-order valence-electron chi connectivity index (χ0n) is 10.6. The Morgan fingerprint density at radius 3 is 2.71 bits per heavy atom. The molecule has 1 N–H and O–H groups in total. The van der Waals surface area contributed by atoms with Crippen LogP contribution in [0.2, 0.25) is 0 Å². The van der Waals surface area contributed by atoms with E-state index in [1.54, 1.807) is 5.38 Å². The van der Waals surface area contributed by atoms with E-state index in [1.165, 1.54) is 22.9 Å². The van der Waals surface area contributed by atoms with Crippen molar-refractivity contribution < 1.29 is 22.7 Å². The van der Waals surface area contributed by atoms with Crippen LogP contribution in [0.1, 0.15) is 16.1 Å². The van der Waals surface area contributed by atoms with Crippen molar-refractivity contribution in [1.29, 1.82) is 0 Å². The third kappa shape index (κ3) is 4.42. The van der Waals surface area contributed by atoms with Crippen LogP contribution in [-0.2, 0) is 10.9 Å². The van der Waals surface area contributed by atoms with Crippen LogP contribution >= 0.6 is 11.3 Å². The van der Waals surface area contributed by atoms with E-state index in [4.69, 9.17) is 4.74 Å². The molecular weight excluding hydrogens is 307 g/mol. The lowest BCUT2D eigenvalue weighted by Crippen LogP contribution is -2.15. The van der Waals surface area contributed by atoms with Gasteiger partial charge in [0.15, 0.2) is 5.69 Å². The summed E-state index contributed by atoms with van der Waals surface area (Å²) in [5, 5.41) is 4.31. The van der Waals surface area contributed by atoms with Gasteiger partial charge in [-0.25, -0.2) is 14.8 Å². The molecule has 0 amide bonds. The summed E-state index contributed by atoms with van der Waals surface area (Å²) in [6.45, 7) is 0.285. The van der Waals surface area contributed by atoms with Crippen molar-refractivity contribution in [1.82, 2.24) is 9.97 Å². The average Bonchev–Trinajstić information content (AvgIpc) is 2.97. The number of thiazole rings is 1. The fourth-order valence-corrected chi connectivity index (χ4v) is 1.90. The standard InChI is InChI=1S/C12H10F3N3O2S/c13-12(14,15)8-1-2-10(17-5-8)16-3-4-20-11(19)9-6-21-7-18-9/h1-2,5-7H,3-4H2,(H,16,17). The Morgan fingerprint density at radius 2 is 2.14 bits per heavy atom. The van der Waals surface area contributed by atoms with Gasteiger partial charge in [-0.3, -0.25) is 0 Å². The zero-order chi connectivity index (χ0) is 15.3. The third-order valence-electron chi connectivity index (χ3n) is 2.37. The van der Waals surface area contributed by atoms with Crippen molar-refractivity contribution >= 4 is 23.1 Å². The summed E-state index contributed by atoms with van der Waals surface area (Å²) in [7, 11) is 0. The second kappa shape index (κ2) is 6.53. The third-order valence-corrected chi connectivity index (χ3v) is 2.96. The van der Waals surface area contributed by atoms with Crippen molar-refractivity contribution in [2.75, 3.05) is 18.5 Å². The molecule has 0 spiro atoms. The Hall–Kier alpha value is -2.16. The second-order valence-corrected chi connectivity index (χ2v) is 4.58. The molecule has 0 bridgehead atoms. The number of esters is 1. The van der Waals surface area contributed by atoms with Crippen LogP contribution in [0.25, 0.3) is 0 Å². The Morgan fingerprint density at radius 1 is 1.33 bits per heavy atom. The Labute approximate surface area is 121 Å². The largest absolute Gasteiger partial charge is 0.459 e. The van der Waals surface area contributed by atoms with E-state index in [9.17, 15) is 18.0 Å². The number of anilines is 1. The highest BCUT2D eigenvalue weighted by molar-refractivity contribution is 7.07. The van der Waals surface area contributed by atoms with Crippen molar-refractivity contribution in [3.63, 3.8) is 0 Å². The molecule has 0 fully saturated rings. The van der Waals surface area contributed by atoms with Crippen LogP contribution < -0.4 is 5.32 Å². The number of alkyl halides is 3. The van der Waals surface area contributed by atoms with E-state index in [0.717, 1.165) is 12.3 Å². The van der Waals surface area contributed by atoms with Gasteiger partial charge in [-0.1, -0.05) is 0 Å². The number of nitrogens with zero attached hydrogens (tertiary/aromatic N) is 2. The molecule has 2 aromatic heterocycles. The summed E-state index contributed by atoms with van der Waals surface area (Å²) in [6, 6.07) is 2.14. The van der Waals surface area contributed by atoms with Gasteiger partial charge in [-0.2, -0.15) is 13.2 Å². The van der Waals surface area contributed by atoms with Crippen LogP contribution in [0.15, 0.2) is 29.2 Å². The van der Waals surface area contributed by atoms with Crippen LogP contribution in [-0.4, -0.2) is 29.1 Å². The number of hydrogen-bond donors (Lipinski definition) is 1. The lowest BCUT2D eigenvalue weighted by Gasteiger charge is -2.08. The molecule has 21 heavy (non-hydrogen) atoms. The summed E-state index contributed by atoms with van der Waals surface area (Å²) in [5.74, 6) is -0.272. The van der Waals surface area contributed by atoms with E-state index in [0.29, 0.717) is 0 Å². The maximum Gasteiger partial charge on any atom is 0.417 e. The molecule has 2 aromatic rings. The first-order valence-electron chi connectivity index (χ1n) is 5.79. The molecule has 0 aliphatic carbocycles. The maximum absolute atomic E-state index is 12.3. The first kappa shape index (κ1) is 15.2. The van der Waals surface area contributed by atoms with E-state index in [-0.39, 0.29) is 24.7 Å². The van der Waals surface area contributed by atoms with Crippen molar-refractivity contribution in [2.24, 2.45) is 0 Å². The van der Waals surface area contributed by atoms with E-state index in [1.807, 2.05) is 0 Å². The SMILES string of the molecule is O=C(OCCNc1ccc(C(F)(F)F)cn1)c1cscn1. The van der Waals surface area contributed by atoms with E-state index in [2.05, 4.69) is 15.3 Å². The molecule has 0 aromatic carbocycles. The molecule has 5 nitrogen and oxygen atoms in total. The lowest BCUT2D eigenvalue weighted by atomic mass is 10.3. The highest BCUT2D eigenvalue weighted by Gasteiger charge is 2.30. The monoisotopic (exact) mass is 317 g/mol. The first-order chi connectivity index (χ1) is 9.97. The molecule has 0 saturated heterocycles. The molecule has 0 saturated carbocycles. The zero-order valence-corrected chi connectivity index (χ0v) is 11.4. The molecule has 9 heteroatoms. The minimum Gasteiger partial charge on any atom is -0.459 e. The Kier molecular flexibility index (Phi) is 4.73. The molecule has 112 valence electrons. The summed E-state index contributed by atoms with van der Waals surface area (Å²) in [5.41, 5.74) is 0.928. The van der Waals surface area contributed by atoms with Gasteiger partial charge in [0, 0.05) is 11.6 Å². The smallest absolute Gasteiger partial charge is 0.417 e. The molecule has 2 heterocycles. The fraction of sp³-hybridized carbons (Fsp3) is 0.250. The highest BCUT2D eigenvalue weighted by Crippen LogP contribution is 2.28. The minimum atomic E-state index is -4.41. The van der Waals surface area contributed by atoms with Crippen molar-refractivity contribution in [3.05, 3.63) is 40.5 Å². The van der Waals surface area contributed by atoms with Gasteiger partial charge in [0.05, 0.1) is 17.6 Å². The van der Waals surface area contributed by atoms with Gasteiger partial charge in [-0.15, -0.1) is 11.3 Å². The van der Waals surface area contributed by atoms with Gasteiger partial charge < -0.3 is 10.1 Å². The maximum atomic E-state index is 12.3. The highest BCUT2D eigenvalue weighted by atomic mass is 32.1. The molecule has 0 aliphatic heterocycles. The number of carbonyl (C=O) groups excluding carboxylic acids is 1. The fourth-order valence-electron chi connectivity index (χ4n) is 1.38. The molecule has 0 aliphatic rings. The number of ether oxygens (including phenoxy) is 1. The van der Waals surface area contributed by atoms with Crippen LogP contribution in [0.3, 0.4) is 0 Å².